The third kappa shape index (κ3) is 3.26. The lowest BCUT2D eigenvalue weighted by Crippen LogP contribution is -2.51. The number of anilines is 1. The summed E-state index contributed by atoms with van der Waals surface area (Å²) in [6.45, 7) is 4.79. The Kier molecular flexibility index (Phi) is 3.85. The second-order valence-corrected chi connectivity index (χ2v) is 7.02. The number of nitrogens with one attached hydrogen (secondary N) is 1. The van der Waals surface area contributed by atoms with Crippen LogP contribution in [0.2, 0.25) is 0 Å². The summed E-state index contributed by atoms with van der Waals surface area (Å²) in [6.07, 6.45) is 1.63. The molecule has 0 aliphatic carbocycles. The van der Waals surface area contributed by atoms with E-state index in [9.17, 15) is 8.42 Å². The molecule has 1 aliphatic heterocycles. The molecule has 1 saturated heterocycles. The summed E-state index contributed by atoms with van der Waals surface area (Å²) < 4.78 is 32.8. The molecule has 5 nitrogen and oxygen atoms in total. The van der Waals surface area contributed by atoms with Crippen molar-refractivity contribution in [3.63, 3.8) is 0 Å². The van der Waals surface area contributed by atoms with Gasteiger partial charge in [-0.25, -0.2) is 13.1 Å². The number of rotatable bonds is 3. The summed E-state index contributed by atoms with van der Waals surface area (Å²) in [5.41, 5.74) is 6.57. The zero-order chi connectivity index (χ0) is 14.1. The molecule has 0 saturated carbocycles. The largest absolute Gasteiger partial charge is 0.398 e. The highest BCUT2D eigenvalue weighted by molar-refractivity contribution is 7.89. The summed E-state index contributed by atoms with van der Waals surface area (Å²) in [5.74, 6) is 0. The van der Waals surface area contributed by atoms with Gasteiger partial charge >= 0.3 is 0 Å². The number of aryl methyl sites for hydroxylation is 1. The lowest BCUT2D eigenvalue weighted by Gasteiger charge is -2.33. The van der Waals surface area contributed by atoms with Crippen LogP contribution in [0, 0.1) is 6.92 Å². The highest BCUT2D eigenvalue weighted by Gasteiger charge is 2.32. The summed E-state index contributed by atoms with van der Waals surface area (Å²) >= 11 is 0. The van der Waals surface area contributed by atoms with E-state index >= 15 is 0 Å². The van der Waals surface area contributed by atoms with Crippen LogP contribution in [0.3, 0.4) is 0 Å². The lowest BCUT2D eigenvalue weighted by atomic mass is 9.97. The van der Waals surface area contributed by atoms with E-state index in [-0.39, 0.29) is 4.90 Å². The number of nitrogens with two attached hydrogens (primary N) is 1. The number of hydrogen-bond acceptors (Lipinski definition) is 4. The third-order valence-electron chi connectivity index (χ3n) is 3.38. The van der Waals surface area contributed by atoms with Crippen molar-refractivity contribution < 1.29 is 13.2 Å². The molecule has 19 heavy (non-hydrogen) atoms. The van der Waals surface area contributed by atoms with Crippen LogP contribution in [-0.4, -0.2) is 27.2 Å². The maximum atomic E-state index is 12.3. The molecule has 3 N–H and O–H groups in total. The van der Waals surface area contributed by atoms with Crippen LogP contribution in [0.5, 0.6) is 0 Å². The van der Waals surface area contributed by atoms with Gasteiger partial charge in [-0.2, -0.15) is 0 Å². The topological polar surface area (TPSA) is 81.4 Å². The van der Waals surface area contributed by atoms with Crippen molar-refractivity contribution in [2.45, 2.75) is 37.1 Å². The van der Waals surface area contributed by atoms with Crippen LogP contribution in [-0.2, 0) is 14.8 Å². The predicted molar refractivity (Wildman–Crippen MR) is 74.4 cm³/mol. The van der Waals surface area contributed by atoms with Crippen molar-refractivity contribution in [3.05, 3.63) is 23.8 Å². The second kappa shape index (κ2) is 5.11. The zero-order valence-corrected chi connectivity index (χ0v) is 12.1. The van der Waals surface area contributed by atoms with Gasteiger partial charge in [-0.05, 0) is 44.4 Å². The van der Waals surface area contributed by atoms with Crippen LogP contribution in [0.4, 0.5) is 5.69 Å². The number of nitrogen functional groups attached to an aromatic ring is 1. The summed E-state index contributed by atoms with van der Waals surface area (Å²) in [6, 6.07) is 4.77. The van der Waals surface area contributed by atoms with Crippen LogP contribution in [0.1, 0.15) is 25.3 Å². The smallest absolute Gasteiger partial charge is 0.241 e. The molecule has 106 valence electrons. The molecule has 0 amide bonds. The van der Waals surface area contributed by atoms with Gasteiger partial charge in [0.25, 0.3) is 0 Å². The van der Waals surface area contributed by atoms with Crippen molar-refractivity contribution in [3.8, 4) is 0 Å². The normalized spacial score (nSPS) is 24.3. The van der Waals surface area contributed by atoms with Gasteiger partial charge in [0.15, 0.2) is 0 Å². The van der Waals surface area contributed by atoms with E-state index in [0.29, 0.717) is 18.9 Å². The number of ether oxygens (including phenoxy) is 1. The average molecular weight is 284 g/mol. The van der Waals surface area contributed by atoms with Gasteiger partial charge in [-0.3, -0.25) is 0 Å². The molecule has 1 aromatic carbocycles. The first kappa shape index (κ1) is 14.3. The molecule has 1 aliphatic rings. The Morgan fingerprint density at radius 1 is 1.42 bits per heavy atom. The number of sulfonamides is 1. The monoisotopic (exact) mass is 284 g/mol. The maximum absolute atomic E-state index is 12.3. The van der Waals surface area contributed by atoms with E-state index in [4.69, 9.17) is 10.5 Å². The summed E-state index contributed by atoms with van der Waals surface area (Å²) in [4.78, 5) is 0.197. The van der Waals surface area contributed by atoms with Crippen LogP contribution >= 0.6 is 0 Å². The van der Waals surface area contributed by atoms with E-state index in [2.05, 4.69) is 4.72 Å². The van der Waals surface area contributed by atoms with E-state index in [1.54, 1.807) is 12.1 Å². The first-order chi connectivity index (χ1) is 8.82. The molecular formula is C13H20N2O3S. The number of benzene rings is 1. The molecule has 0 spiro atoms. The van der Waals surface area contributed by atoms with Crippen molar-refractivity contribution in [1.29, 1.82) is 0 Å². The zero-order valence-electron chi connectivity index (χ0n) is 11.3. The Morgan fingerprint density at radius 2 is 2.16 bits per heavy atom. The summed E-state index contributed by atoms with van der Waals surface area (Å²) in [7, 11) is -3.57. The number of hydrogen-bond donors (Lipinski definition) is 2. The third-order valence-corrected chi connectivity index (χ3v) is 5.02. The highest BCUT2D eigenvalue weighted by atomic mass is 32.2. The summed E-state index contributed by atoms with van der Waals surface area (Å²) in [5, 5.41) is 0. The van der Waals surface area contributed by atoms with Gasteiger partial charge in [0.05, 0.1) is 17.0 Å². The van der Waals surface area contributed by atoms with Gasteiger partial charge in [-0.1, -0.05) is 6.07 Å². The van der Waals surface area contributed by atoms with Gasteiger partial charge in [0.1, 0.15) is 0 Å². The van der Waals surface area contributed by atoms with Crippen LogP contribution < -0.4 is 10.5 Å². The molecule has 0 radical (unpaired) electrons. The minimum absolute atomic E-state index is 0.197. The quantitative estimate of drug-likeness (QED) is 0.823. The van der Waals surface area contributed by atoms with Crippen molar-refractivity contribution in [1.82, 2.24) is 4.72 Å². The highest BCUT2D eigenvalue weighted by Crippen LogP contribution is 2.23. The first-order valence-electron chi connectivity index (χ1n) is 6.30. The van der Waals surface area contributed by atoms with Crippen molar-refractivity contribution >= 4 is 15.7 Å². The standard InChI is InChI=1S/C13H20N2O3S/c1-10-4-5-11(8-12(10)14)19(16,17)15-13(2)6-3-7-18-9-13/h4-5,8,15H,3,6-7,9,14H2,1-2H3. The fourth-order valence-corrected chi connectivity index (χ4v) is 3.64. The van der Waals surface area contributed by atoms with Crippen molar-refractivity contribution in [2.24, 2.45) is 0 Å². The van der Waals surface area contributed by atoms with Gasteiger partial charge in [0, 0.05) is 12.3 Å². The molecule has 0 aromatic heterocycles. The molecule has 1 fully saturated rings. The minimum atomic E-state index is -3.57. The predicted octanol–water partition coefficient (Wildman–Crippen LogP) is 1.42. The SMILES string of the molecule is Cc1ccc(S(=O)(=O)NC2(C)CCCOC2)cc1N. The van der Waals surface area contributed by atoms with Gasteiger partial charge in [-0.15, -0.1) is 0 Å². The molecule has 1 unspecified atom stereocenters. The fourth-order valence-electron chi connectivity index (χ4n) is 2.18. The molecule has 6 heteroatoms. The van der Waals surface area contributed by atoms with E-state index in [0.717, 1.165) is 18.4 Å². The second-order valence-electron chi connectivity index (χ2n) is 5.34. The molecule has 1 heterocycles. The van der Waals surface area contributed by atoms with E-state index in [1.165, 1.54) is 6.07 Å². The molecular weight excluding hydrogens is 264 g/mol. The lowest BCUT2D eigenvalue weighted by molar-refractivity contribution is 0.0386. The maximum Gasteiger partial charge on any atom is 0.241 e. The minimum Gasteiger partial charge on any atom is -0.398 e. The molecule has 0 bridgehead atoms. The van der Waals surface area contributed by atoms with Gasteiger partial charge in [0.2, 0.25) is 10.0 Å². The molecule has 2 rings (SSSR count). The first-order valence-corrected chi connectivity index (χ1v) is 7.79. The molecule has 1 aromatic rings. The van der Waals surface area contributed by atoms with Gasteiger partial charge < -0.3 is 10.5 Å². The Morgan fingerprint density at radius 3 is 2.74 bits per heavy atom. The van der Waals surface area contributed by atoms with Crippen LogP contribution in [0.15, 0.2) is 23.1 Å². The van der Waals surface area contributed by atoms with Crippen LogP contribution in [0.25, 0.3) is 0 Å². The Labute approximate surface area is 114 Å². The molecule has 1 atom stereocenters. The Hall–Kier alpha value is -1.11. The average Bonchev–Trinajstić information content (AvgIpc) is 2.32. The van der Waals surface area contributed by atoms with E-state index < -0.39 is 15.6 Å². The fraction of sp³-hybridized carbons (Fsp3) is 0.538. The Bertz CT molecular complexity index is 563. The van der Waals surface area contributed by atoms with E-state index in [1.807, 2.05) is 13.8 Å². The van der Waals surface area contributed by atoms with Crippen molar-refractivity contribution in [2.75, 3.05) is 18.9 Å². The Balaban J connectivity index is 2.24.